The summed E-state index contributed by atoms with van der Waals surface area (Å²) in [5.74, 6) is -0.176. The lowest BCUT2D eigenvalue weighted by atomic mass is 10.0. The Bertz CT molecular complexity index is 510. The second-order valence-corrected chi connectivity index (χ2v) is 6.06. The third-order valence-corrected chi connectivity index (χ3v) is 4.38. The van der Waals surface area contributed by atoms with Crippen molar-refractivity contribution >= 4 is 27.7 Å². The summed E-state index contributed by atoms with van der Waals surface area (Å²) in [6, 6.07) is 15.2. The van der Waals surface area contributed by atoms with Crippen molar-refractivity contribution in [1.82, 2.24) is 0 Å². The van der Waals surface area contributed by atoms with Crippen LogP contribution in [-0.4, -0.2) is 6.26 Å². The summed E-state index contributed by atoms with van der Waals surface area (Å²) in [6.07, 6.45) is 2.85. The van der Waals surface area contributed by atoms with E-state index in [9.17, 15) is 4.39 Å². The fraction of sp³-hybridized carbons (Fsp3) is 0.200. The van der Waals surface area contributed by atoms with E-state index in [1.165, 1.54) is 16.5 Å². The van der Waals surface area contributed by atoms with Crippen molar-refractivity contribution in [3.8, 4) is 0 Å². The van der Waals surface area contributed by atoms with Crippen LogP contribution in [0.15, 0.2) is 53.4 Å². The van der Waals surface area contributed by atoms with Gasteiger partial charge in [-0.3, -0.25) is 0 Å². The Morgan fingerprint density at radius 2 is 1.89 bits per heavy atom. The molecule has 0 radical (unpaired) electrons. The minimum Gasteiger partial charge on any atom is -0.207 e. The molecule has 0 amide bonds. The molecule has 0 bridgehead atoms. The first-order valence-corrected chi connectivity index (χ1v) is 7.85. The highest BCUT2D eigenvalue weighted by molar-refractivity contribution is 9.09. The largest absolute Gasteiger partial charge is 0.207 e. The van der Waals surface area contributed by atoms with Gasteiger partial charge in [-0.2, -0.15) is 0 Å². The second kappa shape index (κ2) is 6.39. The predicted octanol–water partition coefficient (Wildman–Crippen LogP) is 5.23. The Labute approximate surface area is 120 Å². The van der Waals surface area contributed by atoms with Crippen molar-refractivity contribution < 1.29 is 4.39 Å². The Morgan fingerprint density at radius 3 is 2.50 bits per heavy atom. The molecule has 3 heteroatoms. The molecule has 1 unspecified atom stereocenters. The van der Waals surface area contributed by atoms with E-state index in [4.69, 9.17) is 0 Å². The van der Waals surface area contributed by atoms with Gasteiger partial charge < -0.3 is 0 Å². The van der Waals surface area contributed by atoms with Crippen LogP contribution in [0.3, 0.4) is 0 Å². The van der Waals surface area contributed by atoms with Crippen LogP contribution >= 0.6 is 27.7 Å². The lowest BCUT2D eigenvalue weighted by molar-refractivity contribution is 0.625. The van der Waals surface area contributed by atoms with Gasteiger partial charge in [0.1, 0.15) is 5.82 Å². The Morgan fingerprint density at radius 1 is 1.17 bits per heavy atom. The highest BCUT2D eigenvalue weighted by atomic mass is 79.9. The van der Waals surface area contributed by atoms with Crippen LogP contribution in [0.25, 0.3) is 0 Å². The summed E-state index contributed by atoms with van der Waals surface area (Å²) in [5, 5.41) is 0. The molecular formula is C15H14BrFS. The van der Waals surface area contributed by atoms with Crippen LogP contribution in [-0.2, 0) is 6.42 Å². The third-order valence-electron chi connectivity index (χ3n) is 2.78. The predicted molar refractivity (Wildman–Crippen MR) is 80.0 cm³/mol. The third kappa shape index (κ3) is 3.59. The van der Waals surface area contributed by atoms with E-state index < -0.39 is 0 Å². The first kappa shape index (κ1) is 13.6. The number of thioether (sulfide) groups is 1. The maximum absolute atomic E-state index is 13.1. The van der Waals surface area contributed by atoms with E-state index in [0.717, 1.165) is 12.0 Å². The number of alkyl halides is 1. The molecule has 0 saturated carbocycles. The molecule has 0 fully saturated rings. The van der Waals surface area contributed by atoms with Crippen molar-refractivity contribution in [2.75, 3.05) is 6.26 Å². The maximum atomic E-state index is 13.1. The zero-order chi connectivity index (χ0) is 13.0. The van der Waals surface area contributed by atoms with Crippen LogP contribution in [0.5, 0.6) is 0 Å². The van der Waals surface area contributed by atoms with Gasteiger partial charge in [-0.05, 0) is 48.1 Å². The summed E-state index contributed by atoms with van der Waals surface area (Å²) in [6.45, 7) is 0. The van der Waals surface area contributed by atoms with Crippen molar-refractivity contribution in [3.63, 3.8) is 0 Å². The normalized spacial score (nSPS) is 12.4. The molecule has 0 N–H and O–H groups in total. The highest BCUT2D eigenvalue weighted by Gasteiger charge is 2.08. The SMILES string of the molecule is CSc1ccc(C(Br)Cc2cccc(F)c2)cc1. The standard InChI is InChI=1S/C15H14BrFS/c1-18-14-7-5-12(6-8-14)15(16)10-11-3-2-4-13(17)9-11/h2-9,15H,10H2,1H3. The smallest absolute Gasteiger partial charge is 0.123 e. The minimum absolute atomic E-state index is 0.176. The molecule has 2 aromatic rings. The van der Waals surface area contributed by atoms with Gasteiger partial charge in [0.05, 0.1) is 0 Å². The molecule has 2 aromatic carbocycles. The topological polar surface area (TPSA) is 0 Å². The molecule has 0 aliphatic heterocycles. The lowest BCUT2D eigenvalue weighted by Crippen LogP contribution is -1.95. The lowest BCUT2D eigenvalue weighted by Gasteiger charge is -2.11. The average Bonchev–Trinajstić information content (AvgIpc) is 2.39. The van der Waals surface area contributed by atoms with Gasteiger partial charge in [0.2, 0.25) is 0 Å². The molecule has 18 heavy (non-hydrogen) atoms. The first-order chi connectivity index (χ1) is 8.69. The summed E-state index contributed by atoms with van der Waals surface area (Å²) in [5.41, 5.74) is 2.22. The van der Waals surface area contributed by atoms with Crippen LogP contribution in [0.2, 0.25) is 0 Å². The van der Waals surface area contributed by atoms with Gasteiger partial charge in [-0.25, -0.2) is 4.39 Å². The maximum Gasteiger partial charge on any atom is 0.123 e. The van der Waals surface area contributed by atoms with Gasteiger partial charge in [-0.15, -0.1) is 11.8 Å². The molecular weight excluding hydrogens is 311 g/mol. The molecule has 2 rings (SSSR count). The van der Waals surface area contributed by atoms with Crippen molar-refractivity contribution in [1.29, 1.82) is 0 Å². The van der Waals surface area contributed by atoms with Crippen LogP contribution in [0.4, 0.5) is 4.39 Å². The number of hydrogen-bond donors (Lipinski definition) is 0. The average molecular weight is 325 g/mol. The highest BCUT2D eigenvalue weighted by Crippen LogP contribution is 2.28. The summed E-state index contributed by atoms with van der Waals surface area (Å²) in [4.78, 5) is 1.47. The molecule has 0 aromatic heterocycles. The molecule has 0 spiro atoms. The van der Waals surface area contributed by atoms with E-state index in [1.807, 2.05) is 6.07 Å². The zero-order valence-corrected chi connectivity index (χ0v) is 12.5. The number of benzene rings is 2. The van der Waals surface area contributed by atoms with Gasteiger partial charge in [-0.1, -0.05) is 40.2 Å². The Balaban J connectivity index is 2.09. The molecule has 0 aliphatic carbocycles. The quantitative estimate of drug-likeness (QED) is 0.548. The van der Waals surface area contributed by atoms with Crippen molar-refractivity contribution in [3.05, 3.63) is 65.5 Å². The molecule has 0 saturated heterocycles. The van der Waals surface area contributed by atoms with E-state index in [1.54, 1.807) is 23.9 Å². The number of rotatable bonds is 4. The summed E-state index contributed by atoms with van der Waals surface area (Å²) in [7, 11) is 0. The Hall–Kier alpha value is -0.800. The minimum atomic E-state index is -0.176. The fourth-order valence-corrected chi connectivity index (χ4v) is 2.89. The Kier molecular flexibility index (Phi) is 4.84. The van der Waals surface area contributed by atoms with Crippen molar-refractivity contribution in [2.45, 2.75) is 16.1 Å². The van der Waals surface area contributed by atoms with Gasteiger partial charge >= 0.3 is 0 Å². The fourth-order valence-electron chi connectivity index (χ4n) is 1.80. The van der Waals surface area contributed by atoms with Crippen LogP contribution in [0.1, 0.15) is 16.0 Å². The first-order valence-electron chi connectivity index (χ1n) is 5.71. The zero-order valence-electron chi connectivity index (χ0n) is 10.1. The van der Waals surface area contributed by atoms with Gasteiger partial charge in [0.15, 0.2) is 0 Å². The van der Waals surface area contributed by atoms with Gasteiger partial charge in [0, 0.05) is 9.72 Å². The summed E-state index contributed by atoms with van der Waals surface area (Å²) < 4.78 is 13.1. The second-order valence-electron chi connectivity index (χ2n) is 4.07. The van der Waals surface area contributed by atoms with Crippen LogP contribution in [0, 0.1) is 5.82 Å². The van der Waals surface area contributed by atoms with Crippen molar-refractivity contribution in [2.24, 2.45) is 0 Å². The van der Waals surface area contributed by atoms with E-state index >= 15 is 0 Å². The molecule has 0 heterocycles. The number of hydrogen-bond acceptors (Lipinski definition) is 1. The van der Waals surface area contributed by atoms with E-state index in [-0.39, 0.29) is 10.6 Å². The molecule has 94 valence electrons. The van der Waals surface area contributed by atoms with E-state index in [2.05, 4.69) is 46.5 Å². The molecule has 1 atom stereocenters. The monoisotopic (exact) mass is 324 g/mol. The molecule has 0 aliphatic rings. The molecule has 0 nitrogen and oxygen atoms in total. The van der Waals surface area contributed by atoms with E-state index in [0.29, 0.717) is 0 Å². The van der Waals surface area contributed by atoms with Crippen LogP contribution < -0.4 is 0 Å². The van der Waals surface area contributed by atoms with Gasteiger partial charge in [0.25, 0.3) is 0 Å². The number of halogens is 2. The summed E-state index contributed by atoms with van der Waals surface area (Å²) >= 11 is 5.39.